The molecule has 0 aromatic heterocycles. The summed E-state index contributed by atoms with van der Waals surface area (Å²) in [5.74, 6) is 0.742. The lowest BCUT2D eigenvalue weighted by Gasteiger charge is -2.35. The van der Waals surface area contributed by atoms with Gasteiger partial charge in [0.25, 0.3) is 0 Å². The lowest BCUT2D eigenvalue weighted by molar-refractivity contribution is -0.0499. The van der Waals surface area contributed by atoms with Crippen LogP contribution in [0.15, 0.2) is 24.3 Å². The highest BCUT2D eigenvalue weighted by Gasteiger charge is 2.35. The van der Waals surface area contributed by atoms with Crippen LogP contribution in [0.3, 0.4) is 0 Å². The van der Waals surface area contributed by atoms with E-state index < -0.39 is 11.7 Å². The Morgan fingerprint density at radius 1 is 1.44 bits per heavy atom. The predicted octanol–water partition coefficient (Wildman–Crippen LogP) is 1.82. The number of methoxy groups -OCH3 is 1. The first kappa shape index (κ1) is 11.4. The van der Waals surface area contributed by atoms with Gasteiger partial charge in [0.15, 0.2) is 0 Å². The van der Waals surface area contributed by atoms with Gasteiger partial charge in [0.05, 0.1) is 18.8 Å². The molecule has 88 valence electrons. The summed E-state index contributed by atoms with van der Waals surface area (Å²) in [6.07, 6.45) is 2.36. The van der Waals surface area contributed by atoms with Crippen molar-refractivity contribution in [3.63, 3.8) is 0 Å². The van der Waals surface area contributed by atoms with Crippen LogP contribution in [0, 0.1) is 0 Å². The zero-order valence-corrected chi connectivity index (χ0v) is 9.52. The van der Waals surface area contributed by atoms with Gasteiger partial charge in [0.2, 0.25) is 0 Å². The van der Waals surface area contributed by atoms with E-state index in [4.69, 9.17) is 4.74 Å². The monoisotopic (exact) mass is 222 g/mol. The molecule has 16 heavy (non-hydrogen) atoms. The largest absolute Gasteiger partial charge is 0.497 e. The van der Waals surface area contributed by atoms with Crippen LogP contribution in [0.1, 0.15) is 31.2 Å². The average molecular weight is 222 g/mol. The first-order valence-corrected chi connectivity index (χ1v) is 5.69. The van der Waals surface area contributed by atoms with Gasteiger partial charge in [-0.05, 0) is 37.0 Å². The van der Waals surface area contributed by atoms with Crippen molar-refractivity contribution in [3.05, 3.63) is 29.8 Å². The van der Waals surface area contributed by atoms with Gasteiger partial charge < -0.3 is 14.9 Å². The van der Waals surface area contributed by atoms with E-state index in [2.05, 4.69) is 0 Å². The molecular formula is C13H18O3. The van der Waals surface area contributed by atoms with E-state index in [0.29, 0.717) is 12.8 Å². The van der Waals surface area contributed by atoms with Gasteiger partial charge >= 0.3 is 0 Å². The van der Waals surface area contributed by atoms with Crippen LogP contribution < -0.4 is 4.74 Å². The smallest absolute Gasteiger partial charge is 0.119 e. The third-order valence-electron chi connectivity index (χ3n) is 3.31. The molecule has 3 heteroatoms. The van der Waals surface area contributed by atoms with Gasteiger partial charge in [0.1, 0.15) is 5.75 Å². The van der Waals surface area contributed by atoms with E-state index >= 15 is 0 Å². The Bertz CT molecular complexity index is 364. The van der Waals surface area contributed by atoms with Gasteiger partial charge in [-0.2, -0.15) is 0 Å². The highest BCUT2D eigenvalue weighted by atomic mass is 16.5. The number of benzene rings is 1. The number of hydrogen-bond donors (Lipinski definition) is 2. The maximum absolute atomic E-state index is 10.5. The second-order valence-corrected chi connectivity index (χ2v) is 4.51. The molecule has 1 aliphatic rings. The van der Waals surface area contributed by atoms with E-state index in [-0.39, 0.29) is 0 Å². The molecular weight excluding hydrogens is 204 g/mol. The number of hydrogen-bond acceptors (Lipinski definition) is 3. The van der Waals surface area contributed by atoms with Gasteiger partial charge in [0, 0.05) is 6.42 Å². The predicted molar refractivity (Wildman–Crippen MR) is 61.4 cm³/mol. The Morgan fingerprint density at radius 3 is 2.94 bits per heavy atom. The summed E-state index contributed by atoms with van der Waals surface area (Å²) in [5.41, 5.74) is -0.0581. The molecule has 2 atom stereocenters. The number of ether oxygens (including phenoxy) is 1. The second kappa shape index (κ2) is 4.44. The Morgan fingerprint density at radius 2 is 2.25 bits per heavy atom. The molecule has 1 aromatic rings. The molecule has 2 N–H and O–H groups in total. The third-order valence-corrected chi connectivity index (χ3v) is 3.31. The second-order valence-electron chi connectivity index (χ2n) is 4.51. The van der Waals surface area contributed by atoms with Crippen molar-refractivity contribution in [1.82, 2.24) is 0 Å². The van der Waals surface area contributed by atoms with Crippen molar-refractivity contribution in [2.24, 2.45) is 0 Å². The van der Waals surface area contributed by atoms with Crippen molar-refractivity contribution in [3.8, 4) is 5.75 Å². The summed E-state index contributed by atoms with van der Waals surface area (Å²) < 4.78 is 5.14. The molecule has 0 radical (unpaired) electrons. The van der Waals surface area contributed by atoms with Crippen molar-refractivity contribution < 1.29 is 14.9 Å². The Labute approximate surface area is 95.7 Å². The van der Waals surface area contributed by atoms with E-state index in [9.17, 15) is 10.2 Å². The summed E-state index contributed by atoms with van der Waals surface area (Å²) in [5, 5.41) is 20.2. The summed E-state index contributed by atoms with van der Waals surface area (Å²) >= 11 is 0. The van der Waals surface area contributed by atoms with E-state index in [1.807, 2.05) is 24.3 Å². The molecule has 1 aromatic carbocycles. The standard InChI is InChI=1S/C13H18O3/c1-16-12-6-2-4-10(8-12)13(15)7-3-5-11(14)9-13/h2,4,6,8,11,14-15H,3,5,7,9H2,1H3. The van der Waals surface area contributed by atoms with Gasteiger partial charge in [-0.25, -0.2) is 0 Å². The van der Waals surface area contributed by atoms with E-state index in [0.717, 1.165) is 24.2 Å². The Hall–Kier alpha value is -1.06. The highest BCUT2D eigenvalue weighted by molar-refractivity contribution is 5.32. The van der Waals surface area contributed by atoms with Crippen LogP contribution in [-0.2, 0) is 5.60 Å². The molecule has 1 fully saturated rings. The molecule has 0 spiro atoms. The van der Waals surface area contributed by atoms with Crippen LogP contribution in [0.5, 0.6) is 5.75 Å². The van der Waals surface area contributed by atoms with Crippen molar-refractivity contribution in [2.45, 2.75) is 37.4 Å². The minimum absolute atomic E-state index is 0.398. The maximum Gasteiger partial charge on any atom is 0.119 e. The zero-order chi connectivity index (χ0) is 11.6. The number of aliphatic hydroxyl groups is 2. The first-order valence-electron chi connectivity index (χ1n) is 5.69. The normalized spacial score (nSPS) is 30.1. The SMILES string of the molecule is COc1cccc(C2(O)CCCC(O)C2)c1. The zero-order valence-electron chi connectivity index (χ0n) is 9.52. The lowest BCUT2D eigenvalue weighted by atomic mass is 9.78. The summed E-state index contributed by atoms with van der Waals surface area (Å²) in [6, 6.07) is 7.46. The van der Waals surface area contributed by atoms with Crippen LogP contribution in [-0.4, -0.2) is 23.4 Å². The van der Waals surface area contributed by atoms with Gasteiger partial charge in [-0.15, -0.1) is 0 Å². The van der Waals surface area contributed by atoms with Gasteiger partial charge in [-0.3, -0.25) is 0 Å². The van der Waals surface area contributed by atoms with Crippen molar-refractivity contribution in [1.29, 1.82) is 0 Å². The fraction of sp³-hybridized carbons (Fsp3) is 0.538. The fourth-order valence-corrected chi connectivity index (χ4v) is 2.40. The van der Waals surface area contributed by atoms with Crippen LogP contribution in [0.2, 0.25) is 0 Å². The third kappa shape index (κ3) is 2.20. The highest BCUT2D eigenvalue weighted by Crippen LogP contribution is 2.38. The fourth-order valence-electron chi connectivity index (χ4n) is 2.40. The minimum Gasteiger partial charge on any atom is -0.497 e. The molecule has 3 nitrogen and oxygen atoms in total. The maximum atomic E-state index is 10.5. The van der Waals surface area contributed by atoms with Crippen LogP contribution >= 0.6 is 0 Å². The summed E-state index contributed by atoms with van der Waals surface area (Å²) in [4.78, 5) is 0. The van der Waals surface area contributed by atoms with Gasteiger partial charge in [-0.1, -0.05) is 12.1 Å². The Kier molecular flexibility index (Phi) is 3.17. The van der Waals surface area contributed by atoms with Crippen LogP contribution in [0.4, 0.5) is 0 Å². The molecule has 0 bridgehead atoms. The molecule has 0 aliphatic heterocycles. The van der Waals surface area contributed by atoms with Crippen molar-refractivity contribution >= 4 is 0 Å². The van der Waals surface area contributed by atoms with Crippen LogP contribution in [0.25, 0.3) is 0 Å². The topological polar surface area (TPSA) is 49.7 Å². The number of aliphatic hydroxyl groups excluding tert-OH is 1. The molecule has 2 unspecified atom stereocenters. The molecule has 1 aliphatic carbocycles. The minimum atomic E-state index is -0.897. The van der Waals surface area contributed by atoms with Crippen molar-refractivity contribution in [2.75, 3.05) is 7.11 Å². The lowest BCUT2D eigenvalue weighted by Crippen LogP contribution is -2.34. The molecule has 1 saturated carbocycles. The summed E-state index contributed by atoms with van der Waals surface area (Å²) in [7, 11) is 1.61. The average Bonchev–Trinajstić information content (AvgIpc) is 2.29. The van der Waals surface area contributed by atoms with E-state index in [1.165, 1.54) is 0 Å². The first-order chi connectivity index (χ1) is 7.64. The molecule has 2 rings (SSSR count). The quantitative estimate of drug-likeness (QED) is 0.802. The molecule has 0 amide bonds. The molecule has 0 saturated heterocycles. The number of rotatable bonds is 2. The molecule has 0 heterocycles. The Balaban J connectivity index is 2.27. The summed E-state index contributed by atoms with van der Waals surface area (Å²) in [6.45, 7) is 0. The van der Waals surface area contributed by atoms with E-state index in [1.54, 1.807) is 7.11 Å².